The highest BCUT2D eigenvalue weighted by Crippen LogP contribution is 2.56. The standard InChI is InChI=1S/C25H27FN4O7/c1-30-3-2-7-6-29-17-13(18(7)30)15(26)9-4-8-5-10-16(27)20(32)14(24(28)36)23(35)25(10,37)22(34)11(8)19(31)12(9)21(17)33/h7-8,10,16,18,29,31,33,35,37H,2-6,27H2,1H3,(H2,28,36)/t7?,8-,10-,16-,18?,25-/m0/s1. The number of fused-ring (bicyclic) bond motifs is 6. The molecular weight excluding hydrogens is 487 g/mol. The van der Waals surface area contributed by atoms with Gasteiger partial charge in [-0.25, -0.2) is 4.39 Å². The number of likely N-dealkylation sites (tertiary alicyclic amines) is 1. The number of nitrogens with zero attached hydrogens (tertiary/aromatic N) is 1. The van der Waals surface area contributed by atoms with E-state index in [0.717, 1.165) is 13.0 Å². The number of halogens is 1. The molecule has 1 saturated carbocycles. The molecule has 0 spiro atoms. The van der Waals surface area contributed by atoms with Crippen LogP contribution in [0.25, 0.3) is 5.76 Å². The largest absolute Gasteiger partial charge is 0.508 e. The van der Waals surface area contributed by atoms with Gasteiger partial charge < -0.3 is 37.2 Å². The molecule has 0 radical (unpaired) electrons. The molecule has 6 rings (SSSR count). The third-order valence-electron chi connectivity index (χ3n) is 9.00. The molecule has 5 aliphatic rings. The molecule has 0 bridgehead atoms. The van der Waals surface area contributed by atoms with Crippen LogP contribution < -0.4 is 16.8 Å². The Morgan fingerprint density at radius 2 is 1.95 bits per heavy atom. The molecule has 11 nitrogen and oxygen atoms in total. The zero-order valence-electron chi connectivity index (χ0n) is 19.9. The predicted octanol–water partition coefficient (Wildman–Crippen LogP) is -0.0815. The number of aliphatic hydroxyl groups excluding tert-OH is 2. The number of aliphatic hydroxyl groups is 3. The molecule has 196 valence electrons. The second kappa shape index (κ2) is 7.53. The van der Waals surface area contributed by atoms with Crippen LogP contribution in [0.2, 0.25) is 0 Å². The lowest BCUT2D eigenvalue weighted by Crippen LogP contribution is -2.65. The zero-order chi connectivity index (χ0) is 26.7. The van der Waals surface area contributed by atoms with Crippen molar-refractivity contribution in [3.63, 3.8) is 0 Å². The summed E-state index contributed by atoms with van der Waals surface area (Å²) in [6.07, 6.45) is 0.564. The summed E-state index contributed by atoms with van der Waals surface area (Å²) in [5, 5.41) is 47.6. The van der Waals surface area contributed by atoms with E-state index in [1.165, 1.54) is 0 Å². The number of phenols is 1. The third kappa shape index (κ3) is 2.77. The Bertz CT molecular complexity index is 1390. The molecule has 12 heteroatoms. The van der Waals surface area contributed by atoms with Crippen LogP contribution in [-0.4, -0.2) is 74.6 Å². The van der Waals surface area contributed by atoms with Crippen LogP contribution in [0.4, 0.5) is 10.1 Å². The molecule has 1 amide bonds. The van der Waals surface area contributed by atoms with Crippen LogP contribution in [0.5, 0.6) is 5.75 Å². The summed E-state index contributed by atoms with van der Waals surface area (Å²) in [6.45, 7) is 1.26. The summed E-state index contributed by atoms with van der Waals surface area (Å²) in [5.74, 6) is -8.60. The normalized spacial score (nSPS) is 34.9. The first-order valence-electron chi connectivity index (χ1n) is 12.2. The minimum atomic E-state index is -2.80. The Labute approximate surface area is 210 Å². The number of nitrogens with two attached hydrogens (primary N) is 2. The van der Waals surface area contributed by atoms with E-state index in [2.05, 4.69) is 5.32 Å². The third-order valence-corrected chi connectivity index (χ3v) is 9.00. The van der Waals surface area contributed by atoms with Gasteiger partial charge in [0.2, 0.25) is 5.78 Å². The van der Waals surface area contributed by atoms with E-state index in [0.29, 0.717) is 12.1 Å². The molecule has 2 unspecified atom stereocenters. The molecular formula is C25H27FN4O7. The molecule has 0 aromatic heterocycles. The summed E-state index contributed by atoms with van der Waals surface area (Å²) < 4.78 is 16.2. The van der Waals surface area contributed by atoms with Gasteiger partial charge in [0.25, 0.3) is 5.91 Å². The average Bonchev–Trinajstić information content (AvgIpc) is 3.23. The second-order valence-corrected chi connectivity index (χ2v) is 10.7. The maximum Gasteiger partial charge on any atom is 0.255 e. The number of primary amides is 1. The molecule has 2 fully saturated rings. The molecule has 1 aromatic rings. The van der Waals surface area contributed by atoms with Gasteiger partial charge in [-0.15, -0.1) is 0 Å². The lowest BCUT2D eigenvalue weighted by Gasteiger charge is -2.48. The summed E-state index contributed by atoms with van der Waals surface area (Å²) in [5.41, 5.74) is 7.31. The highest BCUT2D eigenvalue weighted by Gasteiger charge is 2.63. The summed E-state index contributed by atoms with van der Waals surface area (Å²) in [7, 11) is 1.88. The van der Waals surface area contributed by atoms with Crippen molar-refractivity contribution in [2.75, 3.05) is 25.5 Å². The number of phenolic OH excluding ortho intramolecular Hbond substituents is 1. The first kappa shape index (κ1) is 23.9. The number of aromatic hydroxyl groups is 1. The number of hydrogen-bond donors (Lipinski definition) is 7. The van der Waals surface area contributed by atoms with Crippen LogP contribution >= 0.6 is 0 Å². The maximum absolute atomic E-state index is 16.2. The summed E-state index contributed by atoms with van der Waals surface area (Å²) in [6, 6.07) is -1.81. The van der Waals surface area contributed by atoms with E-state index in [4.69, 9.17) is 11.5 Å². The first-order chi connectivity index (χ1) is 17.4. The van der Waals surface area contributed by atoms with Gasteiger partial charge >= 0.3 is 0 Å². The summed E-state index contributed by atoms with van der Waals surface area (Å²) in [4.78, 5) is 40.2. The van der Waals surface area contributed by atoms with Gasteiger partial charge in [0.15, 0.2) is 11.4 Å². The number of carbonyl (C=O) groups is 3. The highest BCUT2D eigenvalue weighted by atomic mass is 19.1. The van der Waals surface area contributed by atoms with E-state index in [-0.39, 0.29) is 47.2 Å². The minimum absolute atomic E-state index is 0.0248. The molecule has 3 aliphatic carbocycles. The SMILES string of the molecule is CN1CCC2CNc3c(O)c4c(c(F)c3C21)C[C@H]1C[C@H]2[C@H](N)C(=O)C(C(N)=O)=C(O)[C@@]2(O)C(=O)C1=C4O. The quantitative estimate of drug-likeness (QED) is 0.196. The van der Waals surface area contributed by atoms with Crippen molar-refractivity contribution in [3.05, 3.63) is 39.4 Å². The monoisotopic (exact) mass is 514 g/mol. The van der Waals surface area contributed by atoms with Gasteiger partial charge in [-0.1, -0.05) is 0 Å². The molecule has 2 aliphatic heterocycles. The van der Waals surface area contributed by atoms with E-state index >= 15 is 4.39 Å². The second-order valence-electron chi connectivity index (χ2n) is 10.7. The topological polar surface area (TPSA) is 199 Å². The lowest BCUT2D eigenvalue weighted by atomic mass is 9.57. The van der Waals surface area contributed by atoms with Crippen molar-refractivity contribution < 1.29 is 39.2 Å². The fraction of sp³-hybridized carbons (Fsp3) is 0.480. The number of hydrogen-bond acceptors (Lipinski definition) is 10. The number of ketones is 2. The fourth-order valence-electron chi connectivity index (χ4n) is 7.22. The number of rotatable bonds is 1. The molecule has 1 saturated heterocycles. The van der Waals surface area contributed by atoms with Gasteiger partial charge in [-0.05, 0) is 44.7 Å². The summed E-state index contributed by atoms with van der Waals surface area (Å²) >= 11 is 0. The Morgan fingerprint density at radius 1 is 1.24 bits per heavy atom. The van der Waals surface area contributed by atoms with Gasteiger partial charge in [0.05, 0.1) is 17.3 Å². The maximum atomic E-state index is 16.2. The van der Waals surface area contributed by atoms with Crippen molar-refractivity contribution in [1.29, 1.82) is 0 Å². The predicted molar refractivity (Wildman–Crippen MR) is 127 cm³/mol. The van der Waals surface area contributed by atoms with Gasteiger partial charge in [0.1, 0.15) is 28.7 Å². The van der Waals surface area contributed by atoms with Crippen molar-refractivity contribution in [2.24, 2.45) is 29.2 Å². The highest BCUT2D eigenvalue weighted by molar-refractivity contribution is 6.24. The number of benzene rings is 1. The van der Waals surface area contributed by atoms with Crippen molar-refractivity contribution >= 4 is 28.9 Å². The van der Waals surface area contributed by atoms with E-state index < -0.39 is 69.6 Å². The van der Waals surface area contributed by atoms with Gasteiger partial charge in [0, 0.05) is 35.2 Å². The Balaban J connectivity index is 1.56. The van der Waals surface area contributed by atoms with Crippen LogP contribution in [0, 0.1) is 23.6 Å². The van der Waals surface area contributed by atoms with Crippen molar-refractivity contribution in [2.45, 2.75) is 36.9 Å². The van der Waals surface area contributed by atoms with Crippen molar-refractivity contribution in [1.82, 2.24) is 4.90 Å². The van der Waals surface area contributed by atoms with Crippen molar-refractivity contribution in [3.8, 4) is 5.75 Å². The smallest absolute Gasteiger partial charge is 0.255 e. The molecule has 1 aromatic carbocycles. The van der Waals surface area contributed by atoms with E-state index in [1.54, 1.807) is 0 Å². The van der Waals surface area contributed by atoms with Crippen LogP contribution in [0.15, 0.2) is 16.9 Å². The molecule has 9 N–H and O–H groups in total. The number of Topliss-reactive ketones (excluding diaryl/α,β-unsaturated/α-hetero) is 2. The Hall–Kier alpha value is -3.48. The van der Waals surface area contributed by atoms with E-state index in [1.807, 2.05) is 11.9 Å². The van der Waals surface area contributed by atoms with E-state index in [9.17, 15) is 34.8 Å². The molecule has 2 heterocycles. The fourth-order valence-corrected chi connectivity index (χ4v) is 7.22. The Morgan fingerprint density at radius 3 is 2.62 bits per heavy atom. The number of nitrogens with one attached hydrogen (secondary N) is 1. The number of carbonyl (C=O) groups excluding carboxylic acids is 3. The van der Waals surface area contributed by atoms with Gasteiger partial charge in [-0.2, -0.15) is 0 Å². The zero-order valence-corrected chi connectivity index (χ0v) is 19.9. The molecule has 6 atom stereocenters. The Kier molecular flexibility index (Phi) is 4.86. The van der Waals surface area contributed by atoms with Crippen LogP contribution in [0.3, 0.4) is 0 Å². The first-order valence-corrected chi connectivity index (χ1v) is 12.2. The van der Waals surface area contributed by atoms with Gasteiger partial charge in [-0.3, -0.25) is 19.3 Å². The van der Waals surface area contributed by atoms with Crippen LogP contribution in [0.1, 0.15) is 35.6 Å². The average molecular weight is 515 g/mol. The minimum Gasteiger partial charge on any atom is -0.508 e. The lowest BCUT2D eigenvalue weighted by molar-refractivity contribution is -0.149. The number of amides is 1. The van der Waals surface area contributed by atoms with Crippen LogP contribution in [-0.2, 0) is 20.8 Å². The number of anilines is 1. The molecule has 37 heavy (non-hydrogen) atoms.